The Morgan fingerprint density at radius 3 is 2.50 bits per heavy atom. The fourth-order valence-electron chi connectivity index (χ4n) is 4.88. The Bertz CT molecular complexity index is 1980. The van der Waals surface area contributed by atoms with Crippen molar-refractivity contribution >= 4 is 43.5 Å². The number of fused-ring (bicyclic) bond motifs is 5. The minimum atomic E-state index is 0. The molecule has 0 saturated heterocycles. The van der Waals surface area contributed by atoms with E-state index >= 15 is 0 Å². The van der Waals surface area contributed by atoms with Gasteiger partial charge in [-0.15, -0.1) is 17.5 Å². The summed E-state index contributed by atoms with van der Waals surface area (Å²) in [6, 6.07) is 32.6. The van der Waals surface area contributed by atoms with Crippen LogP contribution in [0.15, 0.2) is 97.2 Å². The summed E-state index contributed by atoms with van der Waals surface area (Å²) in [5.74, 6) is 2.46. The van der Waals surface area contributed by atoms with Crippen molar-refractivity contribution in [3.05, 3.63) is 103 Å². The maximum Gasteiger partial charge on any atom is 0.217 e. The van der Waals surface area contributed by atoms with E-state index in [2.05, 4.69) is 28.2 Å². The van der Waals surface area contributed by atoms with Gasteiger partial charge in [0.2, 0.25) is 5.88 Å². The Morgan fingerprint density at radius 2 is 1.63 bits per heavy atom. The predicted molar refractivity (Wildman–Crippen MR) is 145 cm³/mol. The molecule has 0 fully saturated rings. The molecule has 7 aromatic rings. The van der Waals surface area contributed by atoms with Crippen LogP contribution in [-0.4, -0.2) is 26.8 Å². The molecule has 0 saturated carbocycles. The number of nitrogens with zero attached hydrogens (tertiary/aromatic N) is 3. The fraction of sp³-hybridized carbons (Fsp3) is 0.0323. The van der Waals surface area contributed by atoms with Crippen molar-refractivity contribution in [1.82, 2.24) is 14.5 Å². The molecule has 0 spiro atoms. The summed E-state index contributed by atoms with van der Waals surface area (Å²) in [5.41, 5.74) is 2.33. The maximum atomic E-state index is 10.9. The summed E-state index contributed by atoms with van der Waals surface area (Å²) in [7, 11) is 1.64. The van der Waals surface area contributed by atoms with Crippen molar-refractivity contribution in [1.29, 1.82) is 0 Å². The van der Waals surface area contributed by atoms with Crippen LogP contribution in [0.5, 0.6) is 23.1 Å². The third kappa shape index (κ3) is 3.85. The van der Waals surface area contributed by atoms with E-state index in [4.69, 9.17) is 9.47 Å². The first-order chi connectivity index (χ1) is 18.2. The first-order valence-electron chi connectivity index (χ1n) is 11.8. The number of aromatic hydroxyl groups is 1. The summed E-state index contributed by atoms with van der Waals surface area (Å²) >= 11 is 0. The van der Waals surface area contributed by atoms with Gasteiger partial charge in [0.1, 0.15) is 22.8 Å². The number of hydrogen-bond donors (Lipinski definition) is 1. The van der Waals surface area contributed by atoms with Gasteiger partial charge in [-0.05, 0) is 35.0 Å². The van der Waals surface area contributed by atoms with Crippen molar-refractivity contribution in [3.63, 3.8) is 0 Å². The van der Waals surface area contributed by atoms with Gasteiger partial charge in [0.15, 0.2) is 0 Å². The zero-order valence-electron chi connectivity index (χ0n) is 20.2. The number of rotatable bonds is 4. The minimum Gasteiger partial charge on any atom is -0.505 e. The molecule has 0 amide bonds. The number of methoxy groups -OCH3 is 1. The molecule has 0 aliphatic carbocycles. The Morgan fingerprint density at radius 1 is 0.816 bits per heavy atom. The van der Waals surface area contributed by atoms with Crippen molar-refractivity contribution in [2.24, 2.45) is 0 Å². The van der Waals surface area contributed by atoms with E-state index in [-0.39, 0.29) is 26.8 Å². The van der Waals surface area contributed by atoms with Gasteiger partial charge >= 0.3 is 0 Å². The van der Waals surface area contributed by atoms with Gasteiger partial charge in [0.05, 0.1) is 7.11 Å². The van der Waals surface area contributed by atoms with Gasteiger partial charge in [-0.25, -0.2) is 9.97 Å². The van der Waals surface area contributed by atoms with Crippen LogP contribution < -0.4 is 9.47 Å². The third-order valence-corrected chi connectivity index (χ3v) is 6.61. The number of phenolic OH excluding ortho intramolecular Hbond substituents is 1. The molecule has 0 radical (unpaired) electrons. The molecule has 38 heavy (non-hydrogen) atoms. The van der Waals surface area contributed by atoms with E-state index in [9.17, 15) is 5.11 Å². The van der Waals surface area contributed by atoms with Crippen LogP contribution in [0, 0.1) is 6.07 Å². The van der Waals surface area contributed by atoms with Crippen LogP contribution in [0.3, 0.4) is 0 Å². The Hall–Kier alpha value is -4.41. The summed E-state index contributed by atoms with van der Waals surface area (Å²) in [5, 5.41) is 15.6. The molecule has 0 unspecified atom stereocenters. The summed E-state index contributed by atoms with van der Waals surface area (Å²) < 4.78 is 13.6. The van der Waals surface area contributed by atoms with E-state index in [0.29, 0.717) is 17.1 Å². The number of hydrogen-bond acceptors (Lipinski definition) is 5. The minimum absolute atomic E-state index is 0. The van der Waals surface area contributed by atoms with Crippen LogP contribution in [0.25, 0.3) is 49.3 Å². The van der Waals surface area contributed by atoms with Gasteiger partial charge < -0.3 is 19.1 Å². The molecule has 7 heteroatoms. The molecule has 0 aliphatic rings. The van der Waals surface area contributed by atoms with E-state index in [0.717, 1.165) is 49.5 Å². The van der Waals surface area contributed by atoms with Crippen LogP contribution in [0.2, 0.25) is 0 Å². The second kappa shape index (κ2) is 9.47. The van der Waals surface area contributed by atoms with Crippen molar-refractivity contribution in [2.45, 2.75) is 0 Å². The normalized spacial score (nSPS) is 11.2. The molecule has 3 heterocycles. The first-order valence-corrected chi connectivity index (χ1v) is 11.8. The molecule has 6 nitrogen and oxygen atoms in total. The second-order valence-electron chi connectivity index (χ2n) is 8.76. The monoisotopic (exact) mass is 677 g/mol. The quantitative estimate of drug-likeness (QED) is 0.158. The second-order valence-corrected chi connectivity index (χ2v) is 8.76. The average molecular weight is 678 g/mol. The van der Waals surface area contributed by atoms with Crippen LogP contribution >= 0.6 is 0 Å². The Kier molecular flexibility index (Phi) is 5.97. The largest absolute Gasteiger partial charge is 0.505 e. The predicted octanol–water partition coefficient (Wildman–Crippen LogP) is 7.18. The summed E-state index contributed by atoms with van der Waals surface area (Å²) in [6.07, 6.45) is 1.73. The van der Waals surface area contributed by atoms with E-state index in [1.807, 2.05) is 77.4 Å². The van der Waals surface area contributed by atoms with Gasteiger partial charge in [-0.3, -0.25) is 0 Å². The van der Waals surface area contributed by atoms with Crippen LogP contribution in [-0.2, 0) is 21.1 Å². The standard InChI is InChI=1S/C31H20N3O3.Pt/c1-36-21-14-15-32-28(18-21)34-26-9-5-4-8-24(26)25-12-11-22(17-27(25)34)37-29-13-10-20-16-19-6-2-3-7-23(19)31(35)30(20)33-29;/h2-16,18,35H,1H3;/q-1;. The van der Waals surface area contributed by atoms with Crippen LogP contribution in [0.4, 0.5) is 0 Å². The third-order valence-electron chi connectivity index (χ3n) is 6.61. The smallest absolute Gasteiger partial charge is 0.217 e. The topological polar surface area (TPSA) is 69.4 Å². The first kappa shape index (κ1) is 24.0. The molecular formula is C31H20N3O3Pt-. The van der Waals surface area contributed by atoms with E-state index in [1.165, 1.54) is 0 Å². The van der Waals surface area contributed by atoms with Gasteiger partial charge in [0.25, 0.3) is 0 Å². The van der Waals surface area contributed by atoms with Crippen molar-refractivity contribution < 1.29 is 35.6 Å². The number of aromatic nitrogens is 3. The Balaban J connectivity index is 0.00000264. The number of pyridine rings is 2. The van der Waals surface area contributed by atoms with E-state index in [1.54, 1.807) is 19.4 Å². The Labute approximate surface area is 232 Å². The van der Waals surface area contributed by atoms with Crippen molar-refractivity contribution in [2.75, 3.05) is 7.11 Å². The molecular weight excluding hydrogens is 657 g/mol. The molecule has 188 valence electrons. The molecule has 1 N–H and O–H groups in total. The van der Waals surface area contributed by atoms with Crippen LogP contribution in [0.1, 0.15) is 0 Å². The van der Waals surface area contributed by atoms with Crippen molar-refractivity contribution in [3.8, 4) is 28.9 Å². The fourth-order valence-corrected chi connectivity index (χ4v) is 4.88. The number of phenols is 1. The molecule has 0 atom stereocenters. The molecule has 7 rings (SSSR count). The SMILES string of the molecule is COc1ccnc(-n2c3[c-]c(Oc4ccc5cc6ccccc6c(O)c5n4)ccc3c3ccccc32)c1.[Pt]. The average Bonchev–Trinajstić information content (AvgIpc) is 3.27. The molecule has 0 bridgehead atoms. The molecule has 0 aliphatic heterocycles. The van der Waals surface area contributed by atoms with Gasteiger partial charge in [0, 0.05) is 61.4 Å². The molecule has 3 aromatic heterocycles. The zero-order chi connectivity index (χ0) is 24.9. The van der Waals surface area contributed by atoms with Gasteiger partial charge in [-0.2, -0.15) is 6.07 Å². The van der Waals surface area contributed by atoms with Gasteiger partial charge in [-0.1, -0.05) is 48.0 Å². The number of para-hydroxylation sites is 1. The summed E-state index contributed by atoms with van der Waals surface area (Å²) in [6.45, 7) is 0. The maximum absolute atomic E-state index is 10.9. The molecule has 4 aromatic carbocycles. The zero-order valence-corrected chi connectivity index (χ0v) is 22.4. The van der Waals surface area contributed by atoms with E-state index < -0.39 is 0 Å². The summed E-state index contributed by atoms with van der Waals surface area (Å²) in [4.78, 5) is 9.21. The number of benzene rings is 4. The number of ether oxygens (including phenoxy) is 2.